The van der Waals surface area contributed by atoms with Crippen molar-refractivity contribution in [2.75, 3.05) is 25.6 Å². The first-order valence-electron chi connectivity index (χ1n) is 10.4. The van der Waals surface area contributed by atoms with Gasteiger partial charge in [0.1, 0.15) is 6.61 Å². The third kappa shape index (κ3) is 7.01. The van der Waals surface area contributed by atoms with E-state index in [1.165, 1.54) is 17.9 Å². The predicted octanol–water partition coefficient (Wildman–Crippen LogP) is 2.79. The van der Waals surface area contributed by atoms with E-state index in [0.29, 0.717) is 17.9 Å². The number of methoxy groups -OCH3 is 1. The Labute approximate surface area is 191 Å². The SMILES string of the molecule is CCOC(=O)Nc1cccc(Cn2nc(-c3ccc(CNC(=O)COC)cc3)ccc2=O)c1. The summed E-state index contributed by atoms with van der Waals surface area (Å²) >= 11 is 0. The zero-order valence-corrected chi connectivity index (χ0v) is 18.5. The van der Waals surface area contributed by atoms with E-state index in [1.54, 1.807) is 31.2 Å². The second kappa shape index (κ2) is 11.6. The molecule has 2 amide bonds. The van der Waals surface area contributed by atoms with Gasteiger partial charge in [0.05, 0.1) is 18.8 Å². The Morgan fingerprint density at radius 2 is 1.82 bits per heavy atom. The molecule has 0 unspecified atom stereocenters. The molecule has 0 radical (unpaired) electrons. The number of hydrogen-bond acceptors (Lipinski definition) is 6. The van der Waals surface area contributed by atoms with Gasteiger partial charge in [-0.3, -0.25) is 14.9 Å². The van der Waals surface area contributed by atoms with Crippen LogP contribution in [0.2, 0.25) is 0 Å². The number of carbonyl (C=O) groups is 2. The van der Waals surface area contributed by atoms with Crippen LogP contribution in [-0.2, 0) is 27.4 Å². The molecule has 1 heterocycles. The molecule has 3 aromatic rings. The van der Waals surface area contributed by atoms with E-state index in [4.69, 9.17) is 9.47 Å². The molecule has 0 saturated carbocycles. The zero-order chi connectivity index (χ0) is 23.6. The average molecular weight is 450 g/mol. The van der Waals surface area contributed by atoms with Crippen LogP contribution < -0.4 is 16.2 Å². The molecule has 1 aromatic heterocycles. The molecule has 172 valence electrons. The lowest BCUT2D eigenvalue weighted by atomic mass is 10.1. The first-order valence-corrected chi connectivity index (χ1v) is 10.4. The number of amides is 2. The van der Waals surface area contributed by atoms with Crippen molar-refractivity contribution in [3.63, 3.8) is 0 Å². The van der Waals surface area contributed by atoms with Gasteiger partial charge in [-0.05, 0) is 36.2 Å². The van der Waals surface area contributed by atoms with Gasteiger partial charge in [0, 0.05) is 31.0 Å². The lowest BCUT2D eigenvalue weighted by Gasteiger charge is -2.10. The van der Waals surface area contributed by atoms with Crippen molar-refractivity contribution in [3.05, 3.63) is 82.1 Å². The Bertz CT molecular complexity index is 1160. The topological polar surface area (TPSA) is 112 Å². The van der Waals surface area contributed by atoms with Crippen molar-refractivity contribution in [1.29, 1.82) is 0 Å². The van der Waals surface area contributed by atoms with E-state index in [0.717, 1.165) is 16.7 Å². The maximum atomic E-state index is 12.4. The minimum atomic E-state index is -0.534. The summed E-state index contributed by atoms with van der Waals surface area (Å²) in [6, 6.07) is 17.9. The molecule has 0 saturated heterocycles. The predicted molar refractivity (Wildman–Crippen MR) is 124 cm³/mol. The minimum absolute atomic E-state index is 0.0192. The van der Waals surface area contributed by atoms with Crippen LogP contribution >= 0.6 is 0 Å². The zero-order valence-electron chi connectivity index (χ0n) is 18.5. The van der Waals surface area contributed by atoms with Crippen LogP contribution in [0.4, 0.5) is 10.5 Å². The lowest BCUT2D eigenvalue weighted by Crippen LogP contribution is -2.26. The number of ether oxygens (including phenoxy) is 2. The van der Waals surface area contributed by atoms with Crippen LogP contribution in [0.15, 0.2) is 65.5 Å². The van der Waals surface area contributed by atoms with Crippen LogP contribution in [0, 0.1) is 0 Å². The number of anilines is 1. The molecular weight excluding hydrogens is 424 g/mol. The van der Waals surface area contributed by atoms with Crippen LogP contribution in [0.1, 0.15) is 18.1 Å². The summed E-state index contributed by atoms with van der Waals surface area (Å²) in [4.78, 5) is 35.5. The standard InChI is InChI=1S/C24H26N4O5/c1-3-33-24(31)26-20-6-4-5-18(13-20)15-28-23(30)12-11-21(27-28)19-9-7-17(8-10-19)14-25-22(29)16-32-2/h4-13H,3,14-16H2,1-2H3,(H,25,29)(H,26,31). The van der Waals surface area contributed by atoms with Gasteiger partial charge in [-0.15, -0.1) is 0 Å². The fourth-order valence-electron chi connectivity index (χ4n) is 3.10. The molecule has 2 N–H and O–H groups in total. The Kier molecular flexibility index (Phi) is 8.31. The van der Waals surface area contributed by atoms with Crippen molar-refractivity contribution in [2.24, 2.45) is 0 Å². The molecule has 9 nitrogen and oxygen atoms in total. The van der Waals surface area contributed by atoms with Gasteiger partial charge in [0.2, 0.25) is 5.91 Å². The molecular formula is C24H26N4O5. The number of aromatic nitrogens is 2. The van der Waals surface area contributed by atoms with Gasteiger partial charge in [-0.2, -0.15) is 5.10 Å². The molecule has 0 aliphatic carbocycles. The van der Waals surface area contributed by atoms with Crippen LogP contribution in [0.25, 0.3) is 11.3 Å². The maximum Gasteiger partial charge on any atom is 0.411 e. The minimum Gasteiger partial charge on any atom is -0.450 e. The smallest absolute Gasteiger partial charge is 0.411 e. The highest BCUT2D eigenvalue weighted by atomic mass is 16.5. The van der Waals surface area contributed by atoms with E-state index in [2.05, 4.69) is 15.7 Å². The normalized spacial score (nSPS) is 10.5. The molecule has 2 aromatic carbocycles. The fraction of sp³-hybridized carbons (Fsp3) is 0.250. The molecule has 0 aliphatic rings. The summed E-state index contributed by atoms with van der Waals surface area (Å²) in [6.07, 6.45) is -0.534. The van der Waals surface area contributed by atoms with Gasteiger partial charge in [0.15, 0.2) is 0 Å². The molecule has 0 spiro atoms. The largest absolute Gasteiger partial charge is 0.450 e. The summed E-state index contributed by atoms with van der Waals surface area (Å²) in [5, 5.41) is 9.91. The molecule has 0 fully saturated rings. The number of hydrogen-bond donors (Lipinski definition) is 2. The Morgan fingerprint density at radius 3 is 2.55 bits per heavy atom. The summed E-state index contributed by atoms with van der Waals surface area (Å²) in [5.41, 5.74) is 3.56. The second-order valence-corrected chi connectivity index (χ2v) is 7.17. The van der Waals surface area contributed by atoms with E-state index < -0.39 is 6.09 Å². The Balaban J connectivity index is 1.72. The Morgan fingerprint density at radius 1 is 1.03 bits per heavy atom. The first kappa shape index (κ1) is 23.7. The maximum absolute atomic E-state index is 12.4. The van der Waals surface area contributed by atoms with E-state index >= 15 is 0 Å². The van der Waals surface area contributed by atoms with E-state index in [-0.39, 0.29) is 31.2 Å². The molecule has 0 atom stereocenters. The molecule has 0 bridgehead atoms. The monoisotopic (exact) mass is 450 g/mol. The van der Waals surface area contributed by atoms with Crippen LogP contribution in [-0.4, -0.2) is 42.1 Å². The van der Waals surface area contributed by atoms with Crippen LogP contribution in [0.5, 0.6) is 0 Å². The van der Waals surface area contributed by atoms with Crippen molar-refractivity contribution >= 4 is 17.7 Å². The molecule has 33 heavy (non-hydrogen) atoms. The first-order chi connectivity index (χ1) is 16.0. The van der Waals surface area contributed by atoms with Gasteiger partial charge in [0.25, 0.3) is 5.56 Å². The number of nitrogens with zero attached hydrogens (tertiary/aromatic N) is 2. The van der Waals surface area contributed by atoms with Crippen LogP contribution in [0.3, 0.4) is 0 Å². The average Bonchev–Trinajstić information content (AvgIpc) is 2.80. The summed E-state index contributed by atoms with van der Waals surface area (Å²) in [7, 11) is 1.47. The van der Waals surface area contributed by atoms with Gasteiger partial charge in [-0.1, -0.05) is 36.4 Å². The highest BCUT2D eigenvalue weighted by Gasteiger charge is 2.07. The second-order valence-electron chi connectivity index (χ2n) is 7.17. The highest BCUT2D eigenvalue weighted by molar-refractivity contribution is 5.84. The van der Waals surface area contributed by atoms with E-state index in [9.17, 15) is 14.4 Å². The third-order valence-corrected chi connectivity index (χ3v) is 4.66. The number of carbonyl (C=O) groups excluding carboxylic acids is 2. The molecule has 3 rings (SSSR count). The summed E-state index contributed by atoms with van der Waals surface area (Å²) in [5.74, 6) is -0.183. The van der Waals surface area contributed by atoms with Crippen molar-refractivity contribution < 1.29 is 19.1 Å². The number of nitrogens with one attached hydrogen (secondary N) is 2. The lowest BCUT2D eigenvalue weighted by molar-refractivity contribution is -0.124. The summed E-state index contributed by atoms with van der Waals surface area (Å²) < 4.78 is 11.1. The summed E-state index contributed by atoms with van der Waals surface area (Å²) in [6.45, 7) is 2.67. The number of benzene rings is 2. The van der Waals surface area contributed by atoms with Crippen molar-refractivity contribution in [3.8, 4) is 11.3 Å². The van der Waals surface area contributed by atoms with Gasteiger partial charge >= 0.3 is 6.09 Å². The molecule has 9 heteroatoms. The quantitative estimate of drug-likeness (QED) is 0.519. The van der Waals surface area contributed by atoms with Gasteiger partial charge in [-0.25, -0.2) is 9.48 Å². The van der Waals surface area contributed by atoms with E-state index in [1.807, 2.05) is 30.3 Å². The Hall–Kier alpha value is -3.98. The van der Waals surface area contributed by atoms with Crippen molar-refractivity contribution in [1.82, 2.24) is 15.1 Å². The van der Waals surface area contributed by atoms with Gasteiger partial charge < -0.3 is 14.8 Å². The third-order valence-electron chi connectivity index (χ3n) is 4.66. The van der Waals surface area contributed by atoms with Crippen molar-refractivity contribution in [2.45, 2.75) is 20.0 Å². The number of rotatable bonds is 9. The molecule has 0 aliphatic heterocycles. The highest BCUT2D eigenvalue weighted by Crippen LogP contribution is 2.17. The fourth-order valence-corrected chi connectivity index (χ4v) is 3.10.